The summed E-state index contributed by atoms with van der Waals surface area (Å²) in [5.41, 5.74) is 3.41. The van der Waals surface area contributed by atoms with Crippen LogP contribution < -0.4 is 5.32 Å². The normalized spacial score (nSPS) is 22.2. The van der Waals surface area contributed by atoms with E-state index >= 15 is 0 Å². The highest BCUT2D eigenvalue weighted by Crippen LogP contribution is 2.32. The lowest BCUT2D eigenvalue weighted by atomic mass is 9.82. The van der Waals surface area contributed by atoms with E-state index in [2.05, 4.69) is 48.6 Å². The molecule has 0 radical (unpaired) electrons. The summed E-state index contributed by atoms with van der Waals surface area (Å²) < 4.78 is 0. The fourth-order valence-electron chi connectivity index (χ4n) is 2.45. The first-order valence-corrected chi connectivity index (χ1v) is 6.14. The van der Waals surface area contributed by atoms with Crippen molar-refractivity contribution in [1.29, 1.82) is 0 Å². The van der Waals surface area contributed by atoms with E-state index in [9.17, 15) is 4.79 Å². The molecule has 90 valence electrons. The van der Waals surface area contributed by atoms with Crippen molar-refractivity contribution in [3.8, 4) is 11.1 Å². The van der Waals surface area contributed by atoms with Gasteiger partial charge in [0.25, 0.3) is 0 Å². The fraction of sp³-hybridized carbons (Fsp3) is 0.188. The molecule has 1 aliphatic heterocycles. The van der Waals surface area contributed by atoms with Crippen molar-refractivity contribution in [2.75, 3.05) is 0 Å². The Labute approximate surface area is 107 Å². The Morgan fingerprint density at radius 2 is 1.50 bits per heavy atom. The number of rotatable bonds is 2. The molecule has 2 nitrogen and oxygen atoms in total. The minimum Gasteiger partial charge on any atom is -0.346 e. The van der Waals surface area contributed by atoms with Crippen molar-refractivity contribution in [2.45, 2.75) is 18.9 Å². The van der Waals surface area contributed by atoms with E-state index in [4.69, 9.17) is 0 Å². The molecule has 0 aromatic heterocycles. The molecule has 0 saturated carbocycles. The predicted molar refractivity (Wildman–Crippen MR) is 72.0 cm³/mol. The van der Waals surface area contributed by atoms with E-state index in [1.54, 1.807) is 0 Å². The summed E-state index contributed by atoms with van der Waals surface area (Å²) in [6.07, 6.45) is 0.581. The second kappa shape index (κ2) is 3.98. The van der Waals surface area contributed by atoms with E-state index in [0.717, 1.165) is 0 Å². The number of carbonyl (C=O) groups is 1. The molecule has 0 bridgehead atoms. The zero-order valence-corrected chi connectivity index (χ0v) is 10.3. The predicted octanol–water partition coefficient (Wildman–Crippen LogP) is 3.09. The third-order valence-electron chi connectivity index (χ3n) is 3.56. The minimum atomic E-state index is -0.174. The highest BCUT2D eigenvalue weighted by Gasteiger charge is 2.39. The number of hydrogen-bond donors (Lipinski definition) is 1. The molecule has 0 aliphatic carbocycles. The monoisotopic (exact) mass is 237 g/mol. The van der Waals surface area contributed by atoms with Crippen molar-refractivity contribution < 1.29 is 4.79 Å². The van der Waals surface area contributed by atoms with Gasteiger partial charge in [-0.2, -0.15) is 0 Å². The summed E-state index contributed by atoms with van der Waals surface area (Å²) in [6.45, 7) is 2.06. The number of nitrogens with one attached hydrogen (secondary N) is 1. The van der Waals surface area contributed by atoms with Crippen LogP contribution in [-0.4, -0.2) is 5.91 Å². The van der Waals surface area contributed by atoms with E-state index < -0.39 is 0 Å². The first-order chi connectivity index (χ1) is 8.67. The SMILES string of the molecule is CC1(c2ccc(-c3ccccc3)cc2)CC(=O)N1. The molecule has 1 amide bonds. The lowest BCUT2D eigenvalue weighted by molar-refractivity contribution is -0.132. The topological polar surface area (TPSA) is 29.1 Å². The molecule has 18 heavy (non-hydrogen) atoms. The van der Waals surface area contributed by atoms with Crippen molar-refractivity contribution in [3.05, 3.63) is 60.2 Å². The maximum Gasteiger partial charge on any atom is 0.223 e. The van der Waals surface area contributed by atoms with Gasteiger partial charge in [0, 0.05) is 0 Å². The first-order valence-electron chi connectivity index (χ1n) is 6.14. The molecule has 3 rings (SSSR count). The average molecular weight is 237 g/mol. The first kappa shape index (κ1) is 11.0. The Balaban J connectivity index is 1.88. The molecule has 1 aliphatic rings. The molecule has 1 N–H and O–H groups in total. The summed E-state index contributed by atoms with van der Waals surface area (Å²) in [6, 6.07) is 18.7. The Kier molecular flexibility index (Phi) is 2.44. The van der Waals surface area contributed by atoms with Gasteiger partial charge in [-0.25, -0.2) is 0 Å². The highest BCUT2D eigenvalue weighted by atomic mass is 16.2. The zero-order chi connectivity index (χ0) is 12.6. The minimum absolute atomic E-state index is 0.129. The largest absolute Gasteiger partial charge is 0.346 e. The van der Waals surface area contributed by atoms with Gasteiger partial charge in [-0.05, 0) is 23.6 Å². The third kappa shape index (κ3) is 1.80. The number of β-lactam (4-membered cyclic amide) rings is 1. The van der Waals surface area contributed by atoms with Crippen molar-refractivity contribution in [1.82, 2.24) is 5.32 Å². The van der Waals surface area contributed by atoms with Crippen molar-refractivity contribution >= 4 is 5.91 Å². The van der Waals surface area contributed by atoms with Crippen LogP contribution in [0.2, 0.25) is 0 Å². The van der Waals surface area contributed by atoms with Crippen LogP contribution in [0, 0.1) is 0 Å². The quantitative estimate of drug-likeness (QED) is 0.799. The van der Waals surface area contributed by atoms with Crippen LogP contribution in [0.3, 0.4) is 0 Å². The van der Waals surface area contributed by atoms with Crippen molar-refractivity contribution in [3.63, 3.8) is 0 Å². The summed E-state index contributed by atoms with van der Waals surface area (Å²) >= 11 is 0. The Morgan fingerprint density at radius 3 is 2.06 bits per heavy atom. The smallest absolute Gasteiger partial charge is 0.223 e. The Morgan fingerprint density at radius 1 is 0.944 bits per heavy atom. The van der Waals surface area contributed by atoms with Crippen LogP contribution in [0.15, 0.2) is 54.6 Å². The number of amides is 1. The molecule has 2 aromatic rings. The second-order valence-electron chi connectivity index (χ2n) is 5.00. The summed E-state index contributed by atoms with van der Waals surface area (Å²) in [5.74, 6) is 0.129. The van der Waals surface area contributed by atoms with E-state index in [1.807, 2.05) is 18.2 Å². The Bertz CT molecular complexity index is 564. The average Bonchev–Trinajstić information content (AvgIpc) is 2.38. The molecular formula is C16H15NO. The van der Waals surface area contributed by atoms with Crippen LogP contribution in [0.25, 0.3) is 11.1 Å². The molecular weight excluding hydrogens is 222 g/mol. The van der Waals surface area contributed by atoms with Gasteiger partial charge in [0.05, 0.1) is 12.0 Å². The molecule has 1 saturated heterocycles. The maximum atomic E-state index is 11.1. The highest BCUT2D eigenvalue weighted by molar-refractivity contribution is 5.85. The standard InChI is InChI=1S/C16H15NO/c1-16(11-15(18)17-16)14-9-7-13(8-10-14)12-5-3-2-4-6-12/h2-10H,11H2,1H3,(H,17,18). The van der Waals surface area contributed by atoms with Crippen molar-refractivity contribution in [2.24, 2.45) is 0 Å². The number of carbonyl (C=O) groups excluding carboxylic acids is 1. The van der Waals surface area contributed by atoms with Gasteiger partial charge in [0.1, 0.15) is 0 Å². The van der Waals surface area contributed by atoms with Gasteiger partial charge in [-0.3, -0.25) is 4.79 Å². The lowest BCUT2D eigenvalue weighted by Gasteiger charge is -2.39. The molecule has 1 heterocycles. The summed E-state index contributed by atoms with van der Waals surface area (Å²) in [4.78, 5) is 11.1. The maximum absolute atomic E-state index is 11.1. The van der Waals surface area contributed by atoms with Crippen LogP contribution in [0.4, 0.5) is 0 Å². The van der Waals surface area contributed by atoms with E-state index in [0.29, 0.717) is 6.42 Å². The molecule has 2 aromatic carbocycles. The lowest BCUT2D eigenvalue weighted by Crippen LogP contribution is -2.56. The van der Waals surface area contributed by atoms with Gasteiger partial charge in [0.2, 0.25) is 5.91 Å². The summed E-state index contributed by atoms with van der Waals surface area (Å²) in [5, 5.41) is 2.96. The second-order valence-corrected chi connectivity index (χ2v) is 5.00. The fourth-order valence-corrected chi connectivity index (χ4v) is 2.45. The van der Waals surface area contributed by atoms with Gasteiger partial charge < -0.3 is 5.32 Å². The van der Waals surface area contributed by atoms with Crippen LogP contribution >= 0.6 is 0 Å². The van der Waals surface area contributed by atoms with Crippen LogP contribution in [0.1, 0.15) is 18.9 Å². The molecule has 1 atom stereocenters. The van der Waals surface area contributed by atoms with Gasteiger partial charge in [-0.1, -0.05) is 54.6 Å². The number of benzene rings is 2. The molecule has 1 fully saturated rings. The summed E-state index contributed by atoms with van der Waals surface area (Å²) in [7, 11) is 0. The third-order valence-corrected chi connectivity index (χ3v) is 3.56. The Hall–Kier alpha value is -2.09. The van der Waals surface area contributed by atoms with Crippen LogP contribution in [-0.2, 0) is 10.3 Å². The van der Waals surface area contributed by atoms with Gasteiger partial charge >= 0.3 is 0 Å². The van der Waals surface area contributed by atoms with Crippen LogP contribution in [0.5, 0.6) is 0 Å². The van der Waals surface area contributed by atoms with E-state index in [1.165, 1.54) is 16.7 Å². The number of hydrogen-bond acceptors (Lipinski definition) is 1. The molecule has 2 heteroatoms. The molecule has 0 spiro atoms. The molecule has 1 unspecified atom stereocenters. The zero-order valence-electron chi connectivity index (χ0n) is 10.3. The van der Waals surface area contributed by atoms with E-state index in [-0.39, 0.29) is 11.4 Å². The van der Waals surface area contributed by atoms with Gasteiger partial charge in [-0.15, -0.1) is 0 Å². The van der Waals surface area contributed by atoms with Gasteiger partial charge in [0.15, 0.2) is 0 Å².